The van der Waals surface area contributed by atoms with Crippen LogP contribution < -0.4 is 0 Å². The Morgan fingerprint density at radius 1 is 1.35 bits per heavy atom. The van der Waals surface area contributed by atoms with Crippen molar-refractivity contribution in [3.05, 3.63) is 33.9 Å². The van der Waals surface area contributed by atoms with E-state index < -0.39 is 33.9 Å². The van der Waals surface area contributed by atoms with Gasteiger partial charge in [0.1, 0.15) is 0 Å². The van der Waals surface area contributed by atoms with Gasteiger partial charge in [0.2, 0.25) is 6.10 Å². The molecule has 0 N–H and O–H groups in total. The summed E-state index contributed by atoms with van der Waals surface area (Å²) in [6.07, 6.45) is 1.24. The van der Waals surface area contributed by atoms with Crippen LogP contribution in [0.5, 0.6) is 0 Å². The third kappa shape index (κ3) is 3.21. The Labute approximate surface area is 118 Å². The maximum Gasteiger partial charge on any atom is 0.426 e. The summed E-state index contributed by atoms with van der Waals surface area (Å²) in [6.45, 7) is 1.99. The monoisotopic (exact) mass is 303 g/mol. The van der Waals surface area contributed by atoms with Crippen LogP contribution in [0.1, 0.15) is 13.8 Å². The minimum Gasteiger partial charge on any atom is -0.446 e. The Kier molecular flexibility index (Phi) is 4.61. The second kappa shape index (κ2) is 5.83. The third-order valence-corrected chi connectivity index (χ3v) is 2.57. The van der Waals surface area contributed by atoms with Gasteiger partial charge in [-0.05, 0) is 23.8 Å². The average molecular weight is 304 g/mol. The summed E-state index contributed by atoms with van der Waals surface area (Å²) in [7, 11) is 0. The molecule has 0 saturated carbocycles. The van der Waals surface area contributed by atoms with Crippen LogP contribution >= 0.6 is 11.6 Å². The van der Waals surface area contributed by atoms with Crippen LogP contribution in [-0.4, -0.2) is 33.9 Å². The highest BCUT2D eigenvalue weighted by molar-refractivity contribution is 6.68. The molecule has 0 aromatic carbocycles. The Balaban J connectivity index is 3.30. The number of nitro groups is 1. The maximum absolute atomic E-state index is 11.2. The smallest absolute Gasteiger partial charge is 0.426 e. The Bertz CT molecular complexity index is 539. The molecule has 0 aromatic rings. The van der Waals surface area contributed by atoms with Gasteiger partial charge < -0.3 is 9.47 Å². The fraction of sp³-hybridized carbons (Fsp3) is 0.364. The molecule has 1 aliphatic carbocycles. The van der Waals surface area contributed by atoms with Gasteiger partial charge in [0.05, 0.1) is 4.92 Å². The first kappa shape index (κ1) is 15.8. The lowest BCUT2D eigenvalue weighted by molar-refractivity contribution is -0.614. The number of halogens is 1. The highest BCUT2D eigenvalue weighted by atomic mass is 35.5. The van der Waals surface area contributed by atoms with Crippen molar-refractivity contribution in [2.75, 3.05) is 0 Å². The molecule has 1 rings (SSSR count). The van der Waals surface area contributed by atoms with Crippen LogP contribution in [-0.2, 0) is 23.9 Å². The van der Waals surface area contributed by atoms with Crippen molar-refractivity contribution >= 4 is 28.8 Å². The van der Waals surface area contributed by atoms with Crippen LogP contribution in [0.15, 0.2) is 23.8 Å². The number of allylic oxidation sites excluding steroid dienone is 2. The summed E-state index contributed by atoms with van der Waals surface area (Å²) < 4.78 is 9.43. The predicted molar refractivity (Wildman–Crippen MR) is 65.1 cm³/mol. The first-order valence-electron chi connectivity index (χ1n) is 5.31. The van der Waals surface area contributed by atoms with Gasteiger partial charge in [0, 0.05) is 25.5 Å². The number of rotatable bonds is 4. The molecule has 108 valence electrons. The van der Waals surface area contributed by atoms with Crippen LogP contribution in [0.4, 0.5) is 0 Å². The SMILES string of the molecule is CC(=O)OC1C=C(C(=O)Cl)C=CC1(OC(C)=O)[N+](=O)[O-]. The molecular formula is C11H10ClNO7. The molecule has 0 spiro atoms. The van der Waals surface area contributed by atoms with Gasteiger partial charge in [-0.25, -0.2) is 0 Å². The summed E-state index contributed by atoms with van der Waals surface area (Å²) in [5.74, 6) is -1.79. The van der Waals surface area contributed by atoms with Crippen molar-refractivity contribution in [2.45, 2.75) is 25.7 Å². The van der Waals surface area contributed by atoms with Crippen LogP contribution in [0.2, 0.25) is 0 Å². The molecule has 0 aromatic heterocycles. The summed E-state index contributed by atoms with van der Waals surface area (Å²) in [6, 6.07) is 0. The van der Waals surface area contributed by atoms with E-state index in [0.717, 1.165) is 32.1 Å². The number of carbonyl (C=O) groups excluding carboxylic acids is 3. The van der Waals surface area contributed by atoms with E-state index in [2.05, 4.69) is 4.74 Å². The minimum absolute atomic E-state index is 0.109. The van der Waals surface area contributed by atoms with Crippen molar-refractivity contribution in [1.29, 1.82) is 0 Å². The normalized spacial score (nSPS) is 24.6. The van der Waals surface area contributed by atoms with E-state index in [1.807, 2.05) is 0 Å². The van der Waals surface area contributed by atoms with Gasteiger partial charge in [-0.15, -0.1) is 0 Å². The van der Waals surface area contributed by atoms with Gasteiger partial charge in [-0.1, -0.05) is 0 Å². The standard InChI is InChI=1S/C11H10ClNO7/c1-6(14)19-9-5-8(10(12)16)3-4-11(9,13(17)18)20-7(2)15/h3-5,9H,1-2H3. The molecule has 2 unspecified atom stereocenters. The molecule has 0 amide bonds. The highest BCUT2D eigenvalue weighted by Gasteiger charge is 2.55. The fourth-order valence-corrected chi connectivity index (χ4v) is 1.72. The number of esters is 2. The van der Waals surface area contributed by atoms with E-state index in [1.165, 1.54) is 0 Å². The lowest BCUT2D eigenvalue weighted by atomic mass is 9.97. The fourth-order valence-electron chi connectivity index (χ4n) is 1.59. The molecule has 0 radical (unpaired) electrons. The number of carbonyl (C=O) groups is 3. The van der Waals surface area contributed by atoms with Gasteiger partial charge >= 0.3 is 17.7 Å². The zero-order chi connectivity index (χ0) is 15.5. The number of ether oxygens (including phenoxy) is 2. The van der Waals surface area contributed by atoms with E-state index in [1.54, 1.807) is 0 Å². The molecule has 9 heteroatoms. The van der Waals surface area contributed by atoms with Crippen molar-refractivity contribution in [1.82, 2.24) is 0 Å². The molecule has 0 aliphatic heterocycles. The molecule has 20 heavy (non-hydrogen) atoms. The number of hydrogen-bond donors (Lipinski definition) is 0. The highest BCUT2D eigenvalue weighted by Crippen LogP contribution is 2.30. The lowest BCUT2D eigenvalue weighted by Crippen LogP contribution is -2.53. The van der Waals surface area contributed by atoms with Crippen LogP contribution in [0.3, 0.4) is 0 Å². The molecular weight excluding hydrogens is 294 g/mol. The van der Waals surface area contributed by atoms with Gasteiger partial charge in [-0.2, -0.15) is 0 Å². The first-order valence-corrected chi connectivity index (χ1v) is 5.69. The van der Waals surface area contributed by atoms with E-state index >= 15 is 0 Å². The number of hydrogen-bond acceptors (Lipinski definition) is 7. The largest absolute Gasteiger partial charge is 0.446 e. The van der Waals surface area contributed by atoms with E-state index in [-0.39, 0.29) is 5.57 Å². The molecule has 0 fully saturated rings. The second-order valence-corrected chi connectivity index (χ2v) is 4.20. The quantitative estimate of drug-likeness (QED) is 0.247. The van der Waals surface area contributed by atoms with Crippen molar-refractivity contribution < 1.29 is 28.8 Å². The summed E-state index contributed by atoms with van der Waals surface area (Å²) in [4.78, 5) is 43.4. The van der Waals surface area contributed by atoms with Crippen molar-refractivity contribution in [3.8, 4) is 0 Å². The molecule has 0 heterocycles. The Morgan fingerprint density at radius 3 is 2.35 bits per heavy atom. The van der Waals surface area contributed by atoms with Crippen LogP contribution in [0, 0.1) is 10.1 Å². The Morgan fingerprint density at radius 2 is 1.95 bits per heavy atom. The topological polar surface area (TPSA) is 113 Å². The second-order valence-electron chi connectivity index (χ2n) is 3.86. The van der Waals surface area contributed by atoms with Gasteiger partial charge in [0.25, 0.3) is 5.24 Å². The van der Waals surface area contributed by atoms with E-state index in [9.17, 15) is 24.5 Å². The molecule has 2 atom stereocenters. The summed E-state index contributed by atoms with van der Waals surface area (Å²) in [5.41, 5.74) is -2.53. The first-order chi connectivity index (χ1) is 9.19. The molecule has 1 aliphatic rings. The van der Waals surface area contributed by atoms with Gasteiger partial charge in [0.15, 0.2) is 0 Å². The zero-order valence-corrected chi connectivity index (χ0v) is 11.2. The van der Waals surface area contributed by atoms with E-state index in [0.29, 0.717) is 0 Å². The average Bonchev–Trinajstić information content (AvgIpc) is 2.29. The van der Waals surface area contributed by atoms with Crippen molar-refractivity contribution in [3.63, 3.8) is 0 Å². The van der Waals surface area contributed by atoms with Crippen LogP contribution in [0.25, 0.3) is 0 Å². The van der Waals surface area contributed by atoms with E-state index in [4.69, 9.17) is 16.3 Å². The minimum atomic E-state index is -2.42. The predicted octanol–water partition coefficient (Wildman–Crippen LogP) is 0.716. The van der Waals surface area contributed by atoms with Gasteiger partial charge in [-0.3, -0.25) is 24.5 Å². The lowest BCUT2D eigenvalue weighted by Gasteiger charge is -2.29. The summed E-state index contributed by atoms with van der Waals surface area (Å²) in [5, 5.41) is 10.3. The zero-order valence-electron chi connectivity index (χ0n) is 10.5. The Hall–Kier alpha value is -2.22. The van der Waals surface area contributed by atoms with Crippen molar-refractivity contribution in [2.24, 2.45) is 0 Å². The molecule has 0 saturated heterocycles. The molecule has 0 bridgehead atoms. The number of nitrogens with zero attached hydrogens (tertiary/aromatic N) is 1. The third-order valence-electron chi connectivity index (χ3n) is 2.35. The summed E-state index contributed by atoms with van der Waals surface area (Å²) >= 11 is 5.26. The maximum atomic E-state index is 11.2. The molecule has 8 nitrogen and oxygen atoms in total.